The standard InChI is InChI=1S/C21H18N4O2/c1-15-8-5-6-11-17(15)22-19(26)14-25-13-7-12-18(25)21-24-23-20(27-21)16-9-3-2-4-10-16/h2-13H,14H2,1H3,(H,22,26). The predicted molar refractivity (Wildman–Crippen MR) is 103 cm³/mol. The van der Waals surface area contributed by atoms with Gasteiger partial charge in [-0.2, -0.15) is 0 Å². The number of rotatable bonds is 5. The Hall–Kier alpha value is -3.67. The van der Waals surface area contributed by atoms with Gasteiger partial charge in [0.1, 0.15) is 12.2 Å². The van der Waals surface area contributed by atoms with E-state index >= 15 is 0 Å². The normalized spacial score (nSPS) is 10.7. The number of hydrogen-bond donors (Lipinski definition) is 1. The van der Waals surface area contributed by atoms with Gasteiger partial charge in [-0.1, -0.05) is 36.4 Å². The highest BCUT2D eigenvalue weighted by atomic mass is 16.4. The van der Waals surface area contributed by atoms with Crippen LogP contribution in [0, 0.1) is 6.92 Å². The fraction of sp³-hybridized carbons (Fsp3) is 0.0952. The summed E-state index contributed by atoms with van der Waals surface area (Å²) < 4.78 is 7.59. The molecular formula is C21H18N4O2. The van der Waals surface area contributed by atoms with Crippen LogP contribution in [0.5, 0.6) is 0 Å². The summed E-state index contributed by atoms with van der Waals surface area (Å²) >= 11 is 0. The van der Waals surface area contributed by atoms with E-state index in [1.165, 1.54) is 0 Å². The zero-order chi connectivity index (χ0) is 18.6. The van der Waals surface area contributed by atoms with Crippen LogP contribution < -0.4 is 5.32 Å². The molecule has 6 heteroatoms. The molecule has 0 saturated heterocycles. The van der Waals surface area contributed by atoms with Crippen molar-refractivity contribution in [3.05, 3.63) is 78.5 Å². The molecule has 134 valence electrons. The Balaban J connectivity index is 1.53. The summed E-state index contributed by atoms with van der Waals surface area (Å²) in [5.41, 5.74) is 3.37. The number of amides is 1. The van der Waals surface area contributed by atoms with E-state index in [0.717, 1.165) is 16.8 Å². The largest absolute Gasteiger partial charge is 0.415 e. The Bertz CT molecular complexity index is 1070. The van der Waals surface area contributed by atoms with E-state index < -0.39 is 0 Å². The number of aromatic nitrogens is 3. The number of carbonyl (C=O) groups excluding carboxylic acids is 1. The van der Waals surface area contributed by atoms with E-state index in [1.54, 1.807) is 4.57 Å². The monoisotopic (exact) mass is 358 g/mol. The minimum Gasteiger partial charge on any atom is -0.415 e. The van der Waals surface area contributed by atoms with Crippen molar-refractivity contribution in [1.29, 1.82) is 0 Å². The van der Waals surface area contributed by atoms with Crippen LogP contribution in [0.2, 0.25) is 0 Å². The fourth-order valence-corrected chi connectivity index (χ4v) is 2.83. The van der Waals surface area contributed by atoms with E-state index in [2.05, 4.69) is 15.5 Å². The van der Waals surface area contributed by atoms with Crippen molar-refractivity contribution < 1.29 is 9.21 Å². The van der Waals surface area contributed by atoms with Crippen molar-refractivity contribution in [2.24, 2.45) is 0 Å². The predicted octanol–water partition coefficient (Wildman–Crippen LogP) is 4.15. The van der Waals surface area contributed by atoms with Crippen LogP contribution in [-0.2, 0) is 11.3 Å². The number of nitrogens with one attached hydrogen (secondary N) is 1. The maximum absolute atomic E-state index is 12.4. The van der Waals surface area contributed by atoms with Gasteiger partial charge >= 0.3 is 0 Å². The van der Waals surface area contributed by atoms with Gasteiger partial charge in [-0.05, 0) is 42.8 Å². The quantitative estimate of drug-likeness (QED) is 0.582. The van der Waals surface area contributed by atoms with E-state index in [1.807, 2.05) is 79.9 Å². The van der Waals surface area contributed by atoms with E-state index in [9.17, 15) is 4.79 Å². The molecule has 0 radical (unpaired) electrons. The Morgan fingerprint density at radius 1 is 0.963 bits per heavy atom. The van der Waals surface area contributed by atoms with Gasteiger partial charge in [-0.15, -0.1) is 10.2 Å². The molecule has 0 bridgehead atoms. The van der Waals surface area contributed by atoms with Crippen molar-refractivity contribution in [2.45, 2.75) is 13.5 Å². The third-order valence-electron chi connectivity index (χ3n) is 4.23. The van der Waals surface area contributed by atoms with Gasteiger partial charge < -0.3 is 14.3 Å². The van der Waals surface area contributed by atoms with Crippen LogP contribution in [0.15, 0.2) is 77.3 Å². The fourth-order valence-electron chi connectivity index (χ4n) is 2.83. The first-order valence-corrected chi connectivity index (χ1v) is 8.60. The molecule has 0 aliphatic rings. The lowest BCUT2D eigenvalue weighted by atomic mass is 10.2. The zero-order valence-corrected chi connectivity index (χ0v) is 14.8. The van der Waals surface area contributed by atoms with Crippen molar-refractivity contribution in [3.63, 3.8) is 0 Å². The number of hydrogen-bond acceptors (Lipinski definition) is 4. The third kappa shape index (κ3) is 3.64. The molecule has 0 fully saturated rings. The first-order chi connectivity index (χ1) is 13.2. The Morgan fingerprint density at radius 3 is 2.52 bits per heavy atom. The van der Waals surface area contributed by atoms with Crippen LogP contribution >= 0.6 is 0 Å². The van der Waals surface area contributed by atoms with Gasteiger partial charge in [0.15, 0.2) is 0 Å². The molecule has 27 heavy (non-hydrogen) atoms. The average molecular weight is 358 g/mol. The summed E-state index contributed by atoms with van der Waals surface area (Å²) in [4.78, 5) is 12.4. The highest BCUT2D eigenvalue weighted by Crippen LogP contribution is 2.24. The molecule has 4 rings (SSSR count). The molecule has 0 spiro atoms. The van der Waals surface area contributed by atoms with Crippen molar-refractivity contribution in [1.82, 2.24) is 14.8 Å². The molecule has 2 aromatic carbocycles. The van der Waals surface area contributed by atoms with E-state index in [-0.39, 0.29) is 12.5 Å². The maximum atomic E-state index is 12.4. The second-order valence-corrected chi connectivity index (χ2v) is 6.16. The van der Waals surface area contributed by atoms with Crippen molar-refractivity contribution in [2.75, 3.05) is 5.32 Å². The maximum Gasteiger partial charge on any atom is 0.264 e. The average Bonchev–Trinajstić information content (AvgIpc) is 3.33. The molecule has 2 heterocycles. The topological polar surface area (TPSA) is 73.0 Å². The molecule has 0 aliphatic carbocycles. The van der Waals surface area contributed by atoms with E-state index in [0.29, 0.717) is 17.5 Å². The van der Waals surface area contributed by atoms with Crippen LogP contribution in [0.1, 0.15) is 5.56 Å². The molecule has 1 N–H and O–H groups in total. The first kappa shape index (κ1) is 16.8. The molecule has 6 nitrogen and oxygen atoms in total. The zero-order valence-electron chi connectivity index (χ0n) is 14.8. The second-order valence-electron chi connectivity index (χ2n) is 6.16. The lowest BCUT2D eigenvalue weighted by Gasteiger charge is -2.10. The Kier molecular flexibility index (Phi) is 4.53. The van der Waals surface area contributed by atoms with Gasteiger partial charge in [0, 0.05) is 17.4 Å². The minimum atomic E-state index is -0.121. The van der Waals surface area contributed by atoms with Crippen LogP contribution in [0.25, 0.3) is 23.0 Å². The minimum absolute atomic E-state index is 0.121. The molecule has 0 unspecified atom stereocenters. The lowest BCUT2D eigenvalue weighted by molar-refractivity contribution is -0.116. The van der Waals surface area contributed by atoms with Gasteiger partial charge in [-0.3, -0.25) is 4.79 Å². The number of aryl methyl sites for hydroxylation is 1. The number of para-hydroxylation sites is 1. The summed E-state index contributed by atoms with van der Waals surface area (Å²) in [5.74, 6) is 0.704. The summed E-state index contributed by atoms with van der Waals surface area (Å²) in [6.07, 6.45) is 1.82. The van der Waals surface area contributed by atoms with Gasteiger partial charge in [0.05, 0.1) is 0 Å². The molecule has 0 saturated carbocycles. The number of nitrogens with zero attached hydrogens (tertiary/aromatic N) is 3. The van der Waals surface area contributed by atoms with Crippen LogP contribution in [0.4, 0.5) is 5.69 Å². The van der Waals surface area contributed by atoms with Gasteiger partial charge in [0.2, 0.25) is 11.8 Å². The Morgan fingerprint density at radius 2 is 1.70 bits per heavy atom. The molecule has 0 aliphatic heterocycles. The Labute approximate surface area is 156 Å². The number of benzene rings is 2. The molecule has 0 atom stereocenters. The van der Waals surface area contributed by atoms with Crippen LogP contribution in [-0.4, -0.2) is 20.7 Å². The van der Waals surface area contributed by atoms with Crippen molar-refractivity contribution in [3.8, 4) is 23.0 Å². The van der Waals surface area contributed by atoms with E-state index in [4.69, 9.17) is 4.42 Å². The lowest BCUT2D eigenvalue weighted by Crippen LogP contribution is -2.19. The third-order valence-corrected chi connectivity index (χ3v) is 4.23. The number of carbonyl (C=O) groups is 1. The first-order valence-electron chi connectivity index (χ1n) is 8.60. The summed E-state index contributed by atoms with van der Waals surface area (Å²) in [6.45, 7) is 2.11. The molecule has 1 amide bonds. The summed E-state index contributed by atoms with van der Waals surface area (Å²) in [6, 6.07) is 21.0. The molecule has 4 aromatic rings. The number of anilines is 1. The smallest absolute Gasteiger partial charge is 0.264 e. The molecular weight excluding hydrogens is 340 g/mol. The van der Waals surface area contributed by atoms with Crippen molar-refractivity contribution >= 4 is 11.6 Å². The highest BCUT2D eigenvalue weighted by molar-refractivity contribution is 5.91. The second kappa shape index (κ2) is 7.29. The summed E-state index contributed by atoms with van der Waals surface area (Å²) in [5, 5.41) is 11.2. The van der Waals surface area contributed by atoms with Gasteiger partial charge in [-0.25, -0.2) is 0 Å². The summed E-state index contributed by atoms with van der Waals surface area (Å²) in [7, 11) is 0. The van der Waals surface area contributed by atoms with Crippen LogP contribution in [0.3, 0.4) is 0 Å². The van der Waals surface area contributed by atoms with Gasteiger partial charge in [0.25, 0.3) is 5.89 Å². The molecule has 2 aromatic heterocycles. The highest BCUT2D eigenvalue weighted by Gasteiger charge is 2.15. The SMILES string of the molecule is Cc1ccccc1NC(=O)Cn1cccc1-c1nnc(-c2ccccc2)o1.